The minimum atomic E-state index is -0.633. The van der Waals surface area contributed by atoms with E-state index in [2.05, 4.69) is 9.80 Å². The van der Waals surface area contributed by atoms with E-state index in [-0.39, 0.29) is 5.97 Å². The summed E-state index contributed by atoms with van der Waals surface area (Å²) in [5.74, 6) is -0.299. The van der Waals surface area contributed by atoms with Gasteiger partial charge in [-0.15, -0.1) is 0 Å². The molecule has 1 aliphatic rings. The first kappa shape index (κ1) is 16.9. The average Bonchev–Trinajstić information content (AvgIpc) is 2.48. The molecule has 1 saturated heterocycles. The van der Waals surface area contributed by atoms with Crippen LogP contribution in [0.4, 0.5) is 0 Å². The van der Waals surface area contributed by atoms with Crippen molar-refractivity contribution in [2.24, 2.45) is 0 Å². The molecule has 2 rings (SSSR count). The van der Waals surface area contributed by atoms with Gasteiger partial charge in [-0.05, 0) is 31.5 Å². The zero-order valence-corrected chi connectivity index (χ0v) is 13.7. The van der Waals surface area contributed by atoms with Crippen LogP contribution in [-0.2, 0) is 11.3 Å². The van der Waals surface area contributed by atoms with E-state index in [4.69, 9.17) is 4.74 Å². The maximum absolute atomic E-state index is 11.4. The molecule has 122 valence electrons. The number of carbonyl (C=O) groups excluding carboxylic acids is 1. The molecule has 1 aromatic carbocycles. The van der Waals surface area contributed by atoms with Crippen LogP contribution in [0.1, 0.15) is 29.8 Å². The topological polar surface area (TPSA) is 53.0 Å². The first-order valence-corrected chi connectivity index (χ1v) is 7.72. The summed E-state index contributed by atoms with van der Waals surface area (Å²) in [5.41, 5.74) is 1.15. The van der Waals surface area contributed by atoms with Crippen molar-refractivity contribution in [3.05, 3.63) is 35.4 Å². The van der Waals surface area contributed by atoms with Crippen LogP contribution in [0, 0.1) is 0 Å². The third-order valence-corrected chi connectivity index (χ3v) is 3.86. The summed E-state index contributed by atoms with van der Waals surface area (Å²) in [6.45, 7) is 9.25. The Hall–Kier alpha value is -1.43. The highest BCUT2D eigenvalue weighted by Gasteiger charge is 2.22. The van der Waals surface area contributed by atoms with Gasteiger partial charge in [-0.1, -0.05) is 12.1 Å². The molecule has 0 unspecified atom stereocenters. The van der Waals surface area contributed by atoms with Gasteiger partial charge >= 0.3 is 5.97 Å². The number of rotatable bonds is 5. The lowest BCUT2D eigenvalue weighted by molar-refractivity contribution is 0.0166. The normalized spacial score (nSPS) is 17.5. The highest BCUT2D eigenvalue weighted by Crippen LogP contribution is 2.12. The Morgan fingerprint density at radius 3 is 2.18 bits per heavy atom. The second-order valence-corrected chi connectivity index (χ2v) is 6.55. The van der Waals surface area contributed by atoms with Gasteiger partial charge in [0, 0.05) is 39.3 Å². The van der Waals surface area contributed by atoms with Gasteiger partial charge in [-0.3, -0.25) is 9.80 Å². The molecule has 0 atom stereocenters. The van der Waals surface area contributed by atoms with Crippen LogP contribution in [0.15, 0.2) is 24.3 Å². The number of methoxy groups -OCH3 is 1. The molecule has 0 saturated carbocycles. The van der Waals surface area contributed by atoms with E-state index in [9.17, 15) is 9.90 Å². The summed E-state index contributed by atoms with van der Waals surface area (Å²) in [6, 6.07) is 7.59. The van der Waals surface area contributed by atoms with Gasteiger partial charge < -0.3 is 9.84 Å². The largest absolute Gasteiger partial charge is 0.465 e. The SMILES string of the molecule is COC(=O)c1ccc(CN2CCN(CC(C)(C)O)CC2)cc1. The van der Waals surface area contributed by atoms with Crippen LogP contribution in [0.5, 0.6) is 0 Å². The average molecular weight is 306 g/mol. The maximum Gasteiger partial charge on any atom is 0.337 e. The van der Waals surface area contributed by atoms with Gasteiger partial charge in [0.15, 0.2) is 0 Å². The van der Waals surface area contributed by atoms with Crippen molar-refractivity contribution in [3.63, 3.8) is 0 Å². The standard InChI is InChI=1S/C17H26N2O3/c1-17(2,21)13-19-10-8-18(9-11-19)12-14-4-6-15(7-5-14)16(20)22-3/h4-7,21H,8-13H2,1-3H3. The number of piperazine rings is 1. The smallest absolute Gasteiger partial charge is 0.337 e. The van der Waals surface area contributed by atoms with Gasteiger partial charge in [0.1, 0.15) is 0 Å². The number of benzene rings is 1. The minimum Gasteiger partial charge on any atom is -0.465 e. The number of hydrogen-bond donors (Lipinski definition) is 1. The Morgan fingerprint density at radius 1 is 1.14 bits per heavy atom. The summed E-state index contributed by atoms with van der Waals surface area (Å²) in [7, 11) is 1.39. The van der Waals surface area contributed by atoms with Crippen molar-refractivity contribution in [1.82, 2.24) is 9.80 Å². The highest BCUT2D eigenvalue weighted by molar-refractivity contribution is 5.89. The van der Waals surface area contributed by atoms with Gasteiger partial charge in [0.05, 0.1) is 18.3 Å². The van der Waals surface area contributed by atoms with Gasteiger partial charge in [0.2, 0.25) is 0 Å². The number of hydrogen-bond acceptors (Lipinski definition) is 5. The first-order chi connectivity index (χ1) is 10.4. The van der Waals surface area contributed by atoms with E-state index in [1.807, 2.05) is 38.1 Å². The van der Waals surface area contributed by atoms with Crippen molar-refractivity contribution in [1.29, 1.82) is 0 Å². The number of ether oxygens (including phenoxy) is 1. The van der Waals surface area contributed by atoms with E-state index in [0.717, 1.165) is 32.7 Å². The van der Waals surface area contributed by atoms with Crippen molar-refractivity contribution in [3.8, 4) is 0 Å². The van der Waals surface area contributed by atoms with Crippen LogP contribution in [-0.4, -0.2) is 66.3 Å². The number of carbonyl (C=O) groups is 1. The fourth-order valence-electron chi connectivity index (χ4n) is 2.78. The van der Waals surface area contributed by atoms with Crippen LogP contribution < -0.4 is 0 Å². The third kappa shape index (κ3) is 5.09. The molecular weight excluding hydrogens is 280 g/mol. The lowest BCUT2D eigenvalue weighted by atomic mass is 10.1. The number of aliphatic hydroxyl groups is 1. The molecule has 0 spiro atoms. The Labute approximate surface area is 132 Å². The van der Waals surface area contributed by atoms with Crippen molar-refractivity contribution in [2.45, 2.75) is 26.0 Å². The molecule has 5 nitrogen and oxygen atoms in total. The predicted molar refractivity (Wildman–Crippen MR) is 85.8 cm³/mol. The molecule has 0 radical (unpaired) electrons. The highest BCUT2D eigenvalue weighted by atomic mass is 16.5. The van der Waals surface area contributed by atoms with Crippen molar-refractivity contribution >= 4 is 5.97 Å². The van der Waals surface area contributed by atoms with Gasteiger partial charge in [-0.2, -0.15) is 0 Å². The predicted octanol–water partition coefficient (Wildman–Crippen LogP) is 1.36. The van der Waals surface area contributed by atoms with Crippen LogP contribution in [0.3, 0.4) is 0 Å². The molecule has 0 aliphatic carbocycles. The monoisotopic (exact) mass is 306 g/mol. The van der Waals surface area contributed by atoms with E-state index in [0.29, 0.717) is 12.1 Å². The minimum absolute atomic E-state index is 0.299. The second-order valence-electron chi connectivity index (χ2n) is 6.55. The molecule has 5 heteroatoms. The summed E-state index contributed by atoms with van der Waals surface area (Å²) in [4.78, 5) is 16.1. The van der Waals surface area contributed by atoms with Gasteiger partial charge in [0.25, 0.3) is 0 Å². The number of nitrogens with zero attached hydrogens (tertiary/aromatic N) is 2. The molecule has 0 bridgehead atoms. The lowest BCUT2D eigenvalue weighted by Crippen LogP contribution is -2.50. The Balaban J connectivity index is 1.82. The zero-order valence-electron chi connectivity index (χ0n) is 13.7. The Bertz CT molecular complexity index is 486. The summed E-state index contributed by atoms with van der Waals surface area (Å²) in [6.07, 6.45) is 0. The van der Waals surface area contributed by atoms with Crippen LogP contribution in [0.25, 0.3) is 0 Å². The number of esters is 1. The number of β-amino-alcohol motifs (C(OH)–C–C–N with tert-alkyl or cyclic N) is 1. The maximum atomic E-state index is 11.4. The summed E-state index contributed by atoms with van der Waals surface area (Å²) in [5, 5.41) is 9.87. The molecule has 0 aromatic heterocycles. The zero-order chi connectivity index (χ0) is 16.2. The van der Waals surface area contributed by atoms with Crippen molar-refractivity contribution < 1.29 is 14.6 Å². The molecule has 1 N–H and O–H groups in total. The Morgan fingerprint density at radius 2 is 1.68 bits per heavy atom. The summed E-state index contributed by atoms with van der Waals surface area (Å²) < 4.78 is 4.70. The molecule has 1 heterocycles. The first-order valence-electron chi connectivity index (χ1n) is 7.72. The summed E-state index contributed by atoms with van der Waals surface area (Å²) >= 11 is 0. The quantitative estimate of drug-likeness (QED) is 0.833. The van der Waals surface area contributed by atoms with Gasteiger partial charge in [-0.25, -0.2) is 4.79 Å². The molecule has 0 amide bonds. The molecular formula is C17H26N2O3. The van der Waals surface area contributed by atoms with E-state index in [1.54, 1.807) is 0 Å². The van der Waals surface area contributed by atoms with Crippen molar-refractivity contribution in [2.75, 3.05) is 39.8 Å². The fourth-order valence-corrected chi connectivity index (χ4v) is 2.78. The van der Waals surface area contributed by atoms with E-state index in [1.165, 1.54) is 12.7 Å². The third-order valence-electron chi connectivity index (χ3n) is 3.86. The van der Waals surface area contributed by atoms with E-state index >= 15 is 0 Å². The fraction of sp³-hybridized carbons (Fsp3) is 0.588. The van der Waals surface area contributed by atoms with Crippen LogP contribution >= 0.6 is 0 Å². The molecule has 1 aromatic rings. The second kappa shape index (κ2) is 7.22. The lowest BCUT2D eigenvalue weighted by Gasteiger charge is -2.37. The molecule has 22 heavy (non-hydrogen) atoms. The molecule has 1 fully saturated rings. The van der Waals surface area contributed by atoms with E-state index < -0.39 is 5.60 Å². The molecule has 1 aliphatic heterocycles. The van der Waals surface area contributed by atoms with Crippen LogP contribution in [0.2, 0.25) is 0 Å². The Kier molecular flexibility index (Phi) is 5.56.